The molecule has 1 aliphatic carbocycles. The van der Waals surface area contributed by atoms with Crippen LogP contribution in [0.4, 0.5) is 8.78 Å². The summed E-state index contributed by atoms with van der Waals surface area (Å²) in [6.45, 7) is 1.75. The van der Waals surface area contributed by atoms with Crippen LogP contribution in [0, 0.1) is 17.6 Å². The number of aliphatic carboxylic acids is 1. The molecule has 1 N–H and O–H groups in total. The summed E-state index contributed by atoms with van der Waals surface area (Å²) < 4.78 is 25.6. The Morgan fingerprint density at radius 2 is 2.13 bits per heavy atom. The molecule has 15 heavy (non-hydrogen) atoms. The van der Waals surface area contributed by atoms with Crippen molar-refractivity contribution in [3.05, 3.63) is 35.4 Å². The highest BCUT2D eigenvalue weighted by Crippen LogP contribution is 2.54. The molecule has 0 radical (unpaired) electrons. The third-order valence-electron chi connectivity index (χ3n) is 3.11. The van der Waals surface area contributed by atoms with Crippen molar-refractivity contribution in [2.24, 2.45) is 5.92 Å². The molecule has 0 saturated heterocycles. The number of halogens is 2. The van der Waals surface area contributed by atoms with Gasteiger partial charge in [0.1, 0.15) is 0 Å². The number of hydrogen-bond acceptors (Lipinski definition) is 1. The Morgan fingerprint density at radius 1 is 1.47 bits per heavy atom. The molecule has 80 valence electrons. The van der Waals surface area contributed by atoms with E-state index in [1.807, 2.05) is 0 Å². The first-order chi connectivity index (χ1) is 6.95. The molecule has 0 unspecified atom stereocenters. The number of rotatable bonds is 2. The molecule has 1 aliphatic rings. The van der Waals surface area contributed by atoms with Crippen molar-refractivity contribution in [3.63, 3.8) is 0 Å². The summed E-state index contributed by atoms with van der Waals surface area (Å²) in [6, 6.07) is 3.56. The second kappa shape index (κ2) is 3.02. The summed E-state index contributed by atoms with van der Waals surface area (Å²) in [6.07, 6.45) is 0.480. The molecule has 1 aromatic rings. The Kier molecular flexibility index (Phi) is 2.03. The Hall–Kier alpha value is -1.45. The molecular weight excluding hydrogens is 202 g/mol. The number of carboxylic acid groups (broad SMARTS) is 1. The van der Waals surface area contributed by atoms with Gasteiger partial charge in [-0.2, -0.15) is 0 Å². The molecule has 1 fully saturated rings. The fourth-order valence-electron chi connectivity index (χ4n) is 1.90. The van der Waals surface area contributed by atoms with Crippen LogP contribution < -0.4 is 0 Å². The van der Waals surface area contributed by atoms with Gasteiger partial charge in [0.05, 0.1) is 5.92 Å². The van der Waals surface area contributed by atoms with E-state index in [0.29, 0.717) is 12.0 Å². The normalized spacial score (nSPS) is 28.9. The van der Waals surface area contributed by atoms with Crippen LogP contribution in [0.2, 0.25) is 0 Å². The highest BCUT2D eigenvalue weighted by atomic mass is 19.2. The molecule has 2 nitrogen and oxygen atoms in total. The summed E-state index contributed by atoms with van der Waals surface area (Å²) >= 11 is 0. The number of carbonyl (C=O) groups is 1. The van der Waals surface area contributed by atoms with Crippen LogP contribution in [0.3, 0.4) is 0 Å². The first kappa shape index (κ1) is 10.1. The summed E-state index contributed by atoms with van der Waals surface area (Å²) in [7, 11) is 0. The first-order valence-electron chi connectivity index (χ1n) is 4.63. The summed E-state index contributed by atoms with van der Waals surface area (Å²) in [4.78, 5) is 10.7. The smallest absolute Gasteiger partial charge is 0.307 e. The van der Waals surface area contributed by atoms with Gasteiger partial charge in [0, 0.05) is 5.41 Å². The Balaban J connectivity index is 2.32. The minimum Gasteiger partial charge on any atom is -0.481 e. The molecule has 4 heteroatoms. The van der Waals surface area contributed by atoms with Crippen molar-refractivity contribution in [3.8, 4) is 0 Å². The highest BCUT2D eigenvalue weighted by Gasteiger charge is 2.56. The Labute approximate surface area is 85.5 Å². The first-order valence-corrected chi connectivity index (χ1v) is 4.63. The lowest BCUT2D eigenvalue weighted by Gasteiger charge is -2.10. The van der Waals surface area contributed by atoms with Gasteiger partial charge in [0.2, 0.25) is 0 Å². The lowest BCUT2D eigenvalue weighted by Crippen LogP contribution is -2.11. The Bertz CT molecular complexity index is 431. The molecule has 0 heterocycles. The van der Waals surface area contributed by atoms with Crippen LogP contribution in [0.1, 0.15) is 18.9 Å². The summed E-state index contributed by atoms with van der Waals surface area (Å²) in [5.41, 5.74) is 0.00852. The van der Waals surface area contributed by atoms with Gasteiger partial charge in [0.25, 0.3) is 0 Å². The predicted molar refractivity (Wildman–Crippen MR) is 49.5 cm³/mol. The summed E-state index contributed by atoms with van der Waals surface area (Å²) in [5.74, 6) is -3.20. The fraction of sp³-hybridized carbons (Fsp3) is 0.364. The van der Waals surface area contributed by atoms with E-state index in [0.717, 1.165) is 12.1 Å². The lowest BCUT2D eigenvalue weighted by molar-refractivity contribution is -0.138. The molecule has 0 amide bonds. The third-order valence-corrected chi connectivity index (χ3v) is 3.11. The molecule has 0 aliphatic heterocycles. The summed E-state index contributed by atoms with van der Waals surface area (Å²) in [5, 5.41) is 8.81. The van der Waals surface area contributed by atoms with Crippen molar-refractivity contribution >= 4 is 5.97 Å². The fourth-order valence-corrected chi connectivity index (χ4v) is 1.90. The molecule has 2 atom stereocenters. The van der Waals surface area contributed by atoms with Crippen LogP contribution >= 0.6 is 0 Å². The zero-order valence-electron chi connectivity index (χ0n) is 8.13. The number of benzene rings is 1. The van der Waals surface area contributed by atoms with Crippen molar-refractivity contribution in [1.82, 2.24) is 0 Å². The average molecular weight is 212 g/mol. The Morgan fingerprint density at radius 3 is 2.60 bits per heavy atom. The second-order valence-electron chi connectivity index (χ2n) is 4.14. The predicted octanol–water partition coefficient (Wildman–Crippen LogP) is 2.33. The quantitative estimate of drug-likeness (QED) is 0.816. The highest BCUT2D eigenvalue weighted by molar-refractivity contribution is 5.77. The minimum absolute atomic E-state index is 0.480. The minimum atomic E-state index is -0.926. The van der Waals surface area contributed by atoms with E-state index in [9.17, 15) is 13.6 Å². The largest absolute Gasteiger partial charge is 0.481 e. The van der Waals surface area contributed by atoms with Gasteiger partial charge >= 0.3 is 5.97 Å². The van der Waals surface area contributed by atoms with E-state index in [2.05, 4.69) is 0 Å². The van der Waals surface area contributed by atoms with E-state index in [1.165, 1.54) is 6.07 Å². The third kappa shape index (κ3) is 1.50. The van der Waals surface area contributed by atoms with E-state index in [4.69, 9.17) is 5.11 Å². The van der Waals surface area contributed by atoms with Crippen molar-refractivity contribution in [2.45, 2.75) is 18.8 Å². The second-order valence-corrected chi connectivity index (χ2v) is 4.14. The van der Waals surface area contributed by atoms with Gasteiger partial charge in [-0.05, 0) is 24.1 Å². The zero-order chi connectivity index (χ0) is 11.2. The van der Waals surface area contributed by atoms with Crippen molar-refractivity contribution in [1.29, 1.82) is 0 Å². The molecular formula is C11H10F2O2. The lowest BCUT2D eigenvalue weighted by atomic mass is 9.95. The number of carboxylic acids is 1. The average Bonchev–Trinajstić information content (AvgIpc) is 2.84. The van der Waals surface area contributed by atoms with E-state index in [-0.39, 0.29) is 0 Å². The van der Waals surface area contributed by atoms with E-state index >= 15 is 0 Å². The van der Waals surface area contributed by atoms with Gasteiger partial charge in [-0.25, -0.2) is 8.78 Å². The van der Waals surface area contributed by atoms with Gasteiger partial charge in [-0.15, -0.1) is 0 Å². The van der Waals surface area contributed by atoms with Crippen LogP contribution in [-0.2, 0) is 10.2 Å². The maximum atomic E-state index is 12.9. The van der Waals surface area contributed by atoms with Gasteiger partial charge < -0.3 is 5.11 Å². The molecule has 0 bridgehead atoms. The maximum absolute atomic E-state index is 12.9. The van der Waals surface area contributed by atoms with E-state index in [1.54, 1.807) is 6.92 Å². The van der Waals surface area contributed by atoms with Crippen LogP contribution in [0.15, 0.2) is 18.2 Å². The number of hydrogen-bond donors (Lipinski definition) is 1. The molecule has 2 rings (SSSR count). The molecule has 1 aromatic carbocycles. The molecule has 0 spiro atoms. The molecule has 1 saturated carbocycles. The molecule has 0 aromatic heterocycles. The van der Waals surface area contributed by atoms with E-state index < -0.39 is 28.9 Å². The van der Waals surface area contributed by atoms with Crippen LogP contribution in [0.25, 0.3) is 0 Å². The standard InChI is InChI=1S/C11H10F2O2/c1-11(5-7(11)10(14)15)6-2-3-8(12)9(13)4-6/h2-4,7H,5H2,1H3,(H,14,15)/t7-,11-/m0/s1. The van der Waals surface area contributed by atoms with Crippen molar-refractivity contribution in [2.75, 3.05) is 0 Å². The van der Waals surface area contributed by atoms with Gasteiger partial charge in [-0.1, -0.05) is 13.0 Å². The van der Waals surface area contributed by atoms with Crippen molar-refractivity contribution < 1.29 is 18.7 Å². The van der Waals surface area contributed by atoms with Gasteiger partial charge in [0.15, 0.2) is 11.6 Å². The van der Waals surface area contributed by atoms with Gasteiger partial charge in [-0.3, -0.25) is 4.79 Å². The maximum Gasteiger partial charge on any atom is 0.307 e. The van der Waals surface area contributed by atoms with Crippen LogP contribution in [0.5, 0.6) is 0 Å². The SMILES string of the molecule is C[C@@]1(c2ccc(F)c(F)c2)C[C@H]1C(=O)O. The monoisotopic (exact) mass is 212 g/mol. The topological polar surface area (TPSA) is 37.3 Å². The zero-order valence-corrected chi connectivity index (χ0v) is 8.13. The van der Waals surface area contributed by atoms with Crippen LogP contribution in [-0.4, -0.2) is 11.1 Å².